The van der Waals surface area contributed by atoms with Crippen molar-refractivity contribution in [3.63, 3.8) is 0 Å². The van der Waals surface area contributed by atoms with E-state index in [4.69, 9.17) is 22.1 Å². The Morgan fingerprint density at radius 1 is 1.71 bits per heavy atom. The monoisotopic (exact) mass is 259 g/mol. The van der Waals surface area contributed by atoms with Crippen LogP contribution in [0, 0.1) is 0 Å². The van der Waals surface area contributed by atoms with E-state index in [9.17, 15) is 4.79 Å². The van der Waals surface area contributed by atoms with E-state index in [0.717, 1.165) is 6.42 Å². The highest BCUT2D eigenvalue weighted by Gasteiger charge is 2.22. The molecule has 0 fully saturated rings. The van der Waals surface area contributed by atoms with Crippen molar-refractivity contribution < 1.29 is 9.53 Å². The van der Waals surface area contributed by atoms with E-state index < -0.39 is 6.04 Å². The molecule has 6 heteroatoms. The summed E-state index contributed by atoms with van der Waals surface area (Å²) in [5.74, 6) is -0.162. The lowest BCUT2D eigenvalue weighted by atomic mass is 10.1. The van der Waals surface area contributed by atoms with E-state index in [1.165, 1.54) is 6.20 Å². The van der Waals surface area contributed by atoms with E-state index in [1.807, 2.05) is 6.92 Å². The van der Waals surface area contributed by atoms with Crippen molar-refractivity contribution in [2.45, 2.75) is 32.4 Å². The highest BCUT2D eigenvalue weighted by atomic mass is 35.5. The van der Waals surface area contributed by atoms with Crippen molar-refractivity contribution in [3.05, 3.63) is 16.9 Å². The van der Waals surface area contributed by atoms with E-state index in [2.05, 4.69) is 5.10 Å². The first kappa shape index (κ1) is 14.2. The molecular weight excluding hydrogens is 242 g/mol. The van der Waals surface area contributed by atoms with Gasteiger partial charge in [-0.25, -0.2) is 0 Å². The highest BCUT2D eigenvalue weighted by Crippen LogP contribution is 2.17. The van der Waals surface area contributed by atoms with Gasteiger partial charge in [0.1, 0.15) is 5.69 Å². The molecule has 1 heterocycles. The van der Waals surface area contributed by atoms with Gasteiger partial charge in [0.05, 0.1) is 17.3 Å². The molecule has 2 N–H and O–H groups in total. The summed E-state index contributed by atoms with van der Waals surface area (Å²) in [6, 6.07) is -0.551. The summed E-state index contributed by atoms with van der Waals surface area (Å²) < 4.78 is 6.49. The Kier molecular flexibility index (Phi) is 5.61. The third-order valence-electron chi connectivity index (χ3n) is 2.53. The molecule has 0 saturated heterocycles. The number of hydrogen-bond acceptors (Lipinski definition) is 4. The number of halogens is 1. The number of ketones is 1. The molecule has 0 saturated carbocycles. The lowest BCUT2D eigenvalue weighted by Gasteiger charge is -2.11. The van der Waals surface area contributed by atoms with Crippen molar-refractivity contribution in [1.29, 1.82) is 0 Å². The number of nitrogens with zero attached hydrogens (tertiary/aromatic N) is 2. The van der Waals surface area contributed by atoms with E-state index in [0.29, 0.717) is 30.3 Å². The quantitative estimate of drug-likeness (QED) is 0.595. The summed E-state index contributed by atoms with van der Waals surface area (Å²) in [6.45, 7) is 3.09. The third-order valence-corrected chi connectivity index (χ3v) is 2.80. The predicted octanol–water partition coefficient (Wildman–Crippen LogP) is 1.49. The van der Waals surface area contributed by atoms with Gasteiger partial charge in [-0.1, -0.05) is 11.6 Å². The number of nitrogens with two attached hydrogens (primary N) is 1. The van der Waals surface area contributed by atoms with Gasteiger partial charge in [-0.05, 0) is 19.8 Å². The van der Waals surface area contributed by atoms with Crippen molar-refractivity contribution in [2.24, 2.45) is 5.73 Å². The Hall–Kier alpha value is -0.910. The van der Waals surface area contributed by atoms with Gasteiger partial charge in [-0.3, -0.25) is 9.48 Å². The van der Waals surface area contributed by atoms with Gasteiger partial charge in [-0.2, -0.15) is 5.10 Å². The molecule has 0 aliphatic heterocycles. The summed E-state index contributed by atoms with van der Waals surface area (Å²) in [4.78, 5) is 12.1. The Morgan fingerprint density at radius 3 is 3.00 bits per heavy atom. The Bertz CT molecular complexity index is 379. The van der Waals surface area contributed by atoms with Crippen LogP contribution in [0.5, 0.6) is 0 Å². The second kappa shape index (κ2) is 6.74. The van der Waals surface area contributed by atoms with Crippen LogP contribution in [0.25, 0.3) is 0 Å². The number of rotatable bonds is 7. The van der Waals surface area contributed by atoms with Gasteiger partial charge in [0.15, 0.2) is 5.78 Å². The molecule has 5 nitrogen and oxygen atoms in total. The second-order valence-corrected chi connectivity index (χ2v) is 4.17. The lowest BCUT2D eigenvalue weighted by molar-refractivity contribution is 0.0940. The molecule has 0 amide bonds. The van der Waals surface area contributed by atoms with Gasteiger partial charge in [0.2, 0.25) is 0 Å². The summed E-state index contributed by atoms with van der Waals surface area (Å²) in [7, 11) is 1.62. The van der Waals surface area contributed by atoms with E-state index in [-0.39, 0.29) is 5.78 Å². The fraction of sp³-hybridized carbons (Fsp3) is 0.636. The average molecular weight is 260 g/mol. The fourth-order valence-electron chi connectivity index (χ4n) is 1.60. The first-order valence-electron chi connectivity index (χ1n) is 5.61. The van der Waals surface area contributed by atoms with Crippen LogP contribution in [-0.4, -0.2) is 35.3 Å². The molecule has 1 aromatic rings. The topological polar surface area (TPSA) is 70.1 Å². The van der Waals surface area contributed by atoms with Crippen LogP contribution >= 0.6 is 11.6 Å². The zero-order valence-electron chi connectivity index (χ0n) is 10.1. The minimum Gasteiger partial charge on any atom is -0.385 e. The molecule has 0 bridgehead atoms. The first-order valence-corrected chi connectivity index (χ1v) is 5.99. The molecule has 0 aliphatic carbocycles. The largest absolute Gasteiger partial charge is 0.385 e. The number of ether oxygens (including phenoxy) is 1. The van der Waals surface area contributed by atoms with Gasteiger partial charge >= 0.3 is 0 Å². The minimum atomic E-state index is -0.551. The zero-order valence-corrected chi connectivity index (χ0v) is 10.9. The van der Waals surface area contributed by atoms with Crippen LogP contribution in [-0.2, 0) is 11.3 Å². The maximum Gasteiger partial charge on any atom is 0.199 e. The number of aryl methyl sites for hydroxylation is 1. The van der Waals surface area contributed by atoms with E-state index in [1.54, 1.807) is 11.8 Å². The Balaban J connectivity index is 2.70. The number of hydrogen-bond donors (Lipinski definition) is 1. The van der Waals surface area contributed by atoms with Crippen molar-refractivity contribution in [3.8, 4) is 0 Å². The SMILES string of the molecule is CCn1ncc(Cl)c1C(=O)C(N)CCCOC. The van der Waals surface area contributed by atoms with Gasteiger partial charge < -0.3 is 10.5 Å². The molecule has 0 radical (unpaired) electrons. The zero-order chi connectivity index (χ0) is 12.8. The number of aromatic nitrogens is 2. The molecule has 1 unspecified atom stereocenters. The van der Waals surface area contributed by atoms with Crippen molar-refractivity contribution in [1.82, 2.24) is 9.78 Å². The molecule has 1 aromatic heterocycles. The maximum absolute atomic E-state index is 12.1. The summed E-state index contributed by atoms with van der Waals surface area (Å²) >= 11 is 5.94. The number of Topliss-reactive ketones (excluding diaryl/α,β-unsaturated/α-hetero) is 1. The standard InChI is InChI=1S/C11H18ClN3O2/c1-3-15-10(8(12)7-14-15)11(16)9(13)5-4-6-17-2/h7,9H,3-6,13H2,1-2H3. The van der Waals surface area contributed by atoms with Crippen molar-refractivity contribution in [2.75, 3.05) is 13.7 Å². The Labute approximate surface area is 106 Å². The third kappa shape index (κ3) is 3.52. The molecule has 96 valence electrons. The second-order valence-electron chi connectivity index (χ2n) is 3.76. The van der Waals surface area contributed by atoms with Crippen molar-refractivity contribution >= 4 is 17.4 Å². The number of carbonyl (C=O) groups excluding carboxylic acids is 1. The van der Waals surface area contributed by atoms with Crippen LogP contribution in [0.1, 0.15) is 30.3 Å². The van der Waals surface area contributed by atoms with E-state index >= 15 is 0 Å². The highest BCUT2D eigenvalue weighted by molar-refractivity contribution is 6.33. The first-order chi connectivity index (χ1) is 8.11. The summed E-state index contributed by atoms with van der Waals surface area (Å²) in [5, 5.41) is 4.38. The summed E-state index contributed by atoms with van der Waals surface area (Å²) in [6.07, 6.45) is 2.80. The van der Waals surface area contributed by atoms with Crippen LogP contribution < -0.4 is 5.73 Å². The average Bonchev–Trinajstić information content (AvgIpc) is 2.69. The number of carbonyl (C=O) groups is 1. The number of methoxy groups -OCH3 is 1. The van der Waals surface area contributed by atoms with Crippen LogP contribution in [0.15, 0.2) is 6.20 Å². The molecule has 0 aliphatic rings. The maximum atomic E-state index is 12.1. The Morgan fingerprint density at radius 2 is 2.41 bits per heavy atom. The van der Waals surface area contributed by atoms with Crippen LogP contribution in [0.3, 0.4) is 0 Å². The fourth-order valence-corrected chi connectivity index (χ4v) is 1.84. The predicted molar refractivity (Wildman–Crippen MR) is 66.3 cm³/mol. The van der Waals surface area contributed by atoms with Gasteiger partial charge in [0.25, 0.3) is 0 Å². The summed E-state index contributed by atoms with van der Waals surface area (Å²) in [5.41, 5.74) is 6.24. The van der Waals surface area contributed by atoms with Crippen LogP contribution in [0.4, 0.5) is 0 Å². The molecule has 0 aromatic carbocycles. The molecule has 1 atom stereocenters. The van der Waals surface area contributed by atoms with Gasteiger partial charge in [-0.15, -0.1) is 0 Å². The molecular formula is C11H18ClN3O2. The van der Waals surface area contributed by atoms with Crippen LogP contribution in [0.2, 0.25) is 5.02 Å². The molecule has 17 heavy (non-hydrogen) atoms. The lowest BCUT2D eigenvalue weighted by Crippen LogP contribution is -2.32. The molecule has 0 spiro atoms. The minimum absolute atomic E-state index is 0.162. The van der Waals surface area contributed by atoms with Gasteiger partial charge in [0, 0.05) is 20.3 Å². The smallest absolute Gasteiger partial charge is 0.199 e. The normalized spacial score (nSPS) is 12.7. The molecule has 1 rings (SSSR count).